The molecule has 140 valence electrons. The molecular weight excluding hydrogens is 358 g/mol. The average Bonchev–Trinajstić information content (AvgIpc) is 3.32. The molecule has 0 spiro atoms. The number of nitrogens with zero attached hydrogens (tertiary/aromatic N) is 4. The second-order valence-electron chi connectivity index (χ2n) is 6.69. The highest BCUT2D eigenvalue weighted by Gasteiger charge is 2.48. The Hall–Kier alpha value is -2.20. The van der Waals surface area contributed by atoms with E-state index in [9.17, 15) is 13.2 Å². The van der Waals surface area contributed by atoms with Crippen molar-refractivity contribution in [1.29, 1.82) is 0 Å². The van der Waals surface area contributed by atoms with Gasteiger partial charge in [0.15, 0.2) is 21.9 Å². The van der Waals surface area contributed by atoms with Gasteiger partial charge >= 0.3 is 0 Å². The van der Waals surface area contributed by atoms with Gasteiger partial charge in [0, 0.05) is 37.9 Å². The normalized spacial score (nSPS) is 25.3. The maximum atomic E-state index is 13.0. The SMILES string of the molecule is CCc1ocnc1C(=O)N1CCN(Cc2ncc[nH]2)[C@@H]2CS(=O)(=O)C[C@@H]21. The second kappa shape index (κ2) is 6.51. The molecule has 1 N–H and O–H groups in total. The lowest BCUT2D eigenvalue weighted by molar-refractivity contribution is 0.0293. The molecule has 4 rings (SSSR count). The number of sulfone groups is 1. The summed E-state index contributed by atoms with van der Waals surface area (Å²) in [5, 5.41) is 0. The average molecular weight is 379 g/mol. The molecule has 2 aliphatic heterocycles. The lowest BCUT2D eigenvalue weighted by Crippen LogP contribution is -2.60. The zero-order valence-corrected chi connectivity index (χ0v) is 15.3. The zero-order valence-electron chi connectivity index (χ0n) is 14.5. The Morgan fingerprint density at radius 2 is 2.12 bits per heavy atom. The first-order valence-corrected chi connectivity index (χ1v) is 10.5. The van der Waals surface area contributed by atoms with E-state index in [0.717, 1.165) is 5.82 Å². The van der Waals surface area contributed by atoms with E-state index < -0.39 is 9.84 Å². The van der Waals surface area contributed by atoms with Crippen LogP contribution in [0.15, 0.2) is 23.2 Å². The summed E-state index contributed by atoms with van der Waals surface area (Å²) in [4.78, 5) is 28.1. The molecule has 26 heavy (non-hydrogen) atoms. The third kappa shape index (κ3) is 3.03. The fourth-order valence-corrected chi connectivity index (χ4v) is 5.89. The maximum Gasteiger partial charge on any atom is 0.276 e. The van der Waals surface area contributed by atoms with E-state index in [4.69, 9.17) is 4.42 Å². The Morgan fingerprint density at radius 1 is 1.31 bits per heavy atom. The molecule has 2 aromatic rings. The van der Waals surface area contributed by atoms with Crippen molar-refractivity contribution < 1.29 is 17.6 Å². The highest BCUT2D eigenvalue weighted by molar-refractivity contribution is 7.91. The number of nitrogens with one attached hydrogen (secondary N) is 1. The zero-order chi connectivity index (χ0) is 18.3. The molecule has 2 aliphatic rings. The number of imidazole rings is 1. The van der Waals surface area contributed by atoms with Gasteiger partial charge in [0.1, 0.15) is 11.6 Å². The van der Waals surface area contributed by atoms with Crippen LogP contribution in [-0.4, -0.2) is 75.8 Å². The van der Waals surface area contributed by atoms with E-state index in [2.05, 4.69) is 19.9 Å². The Bertz CT molecular complexity index is 892. The van der Waals surface area contributed by atoms with Crippen LogP contribution in [0.3, 0.4) is 0 Å². The van der Waals surface area contributed by atoms with E-state index in [0.29, 0.717) is 31.8 Å². The maximum absolute atomic E-state index is 13.0. The van der Waals surface area contributed by atoms with E-state index >= 15 is 0 Å². The summed E-state index contributed by atoms with van der Waals surface area (Å²) in [6.45, 7) is 3.46. The summed E-state index contributed by atoms with van der Waals surface area (Å²) >= 11 is 0. The molecule has 0 bridgehead atoms. The fraction of sp³-hybridized carbons (Fsp3) is 0.562. The van der Waals surface area contributed by atoms with Crippen LogP contribution in [0.2, 0.25) is 0 Å². The number of fused-ring (bicyclic) bond motifs is 1. The molecule has 10 heteroatoms. The van der Waals surface area contributed by atoms with Crippen LogP contribution in [0, 0.1) is 0 Å². The Labute approximate surface area is 151 Å². The van der Waals surface area contributed by atoms with E-state index in [1.165, 1.54) is 6.39 Å². The second-order valence-corrected chi connectivity index (χ2v) is 8.85. The summed E-state index contributed by atoms with van der Waals surface area (Å²) < 4.78 is 29.9. The van der Waals surface area contributed by atoms with Crippen LogP contribution in [0.1, 0.15) is 29.0 Å². The fourth-order valence-electron chi connectivity index (χ4n) is 3.88. The molecule has 1 amide bonds. The van der Waals surface area contributed by atoms with Gasteiger partial charge < -0.3 is 14.3 Å². The minimum absolute atomic E-state index is 0.0165. The van der Waals surface area contributed by atoms with Crippen molar-refractivity contribution in [2.75, 3.05) is 24.6 Å². The standard InChI is InChI=1S/C16H21N5O4S/c1-2-13-15(19-10-25-13)16(22)21-6-5-20(7-14-17-3-4-18-14)11-8-26(23,24)9-12(11)21/h3-4,10-12H,2,5-9H2,1H3,(H,17,18)/t11-,12+/m1/s1. The van der Waals surface area contributed by atoms with Gasteiger partial charge in [0.2, 0.25) is 0 Å². The van der Waals surface area contributed by atoms with Crippen molar-refractivity contribution >= 4 is 15.7 Å². The number of carbonyl (C=O) groups excluding carboxylic acids is 1. The molecule has 2 fully saturated rings. The molecular formula is C16H21N5O4S. The predicted octanol–water partition coefficient (Wildman–Crippen LogP) is 0.0837. The molecule has 9 nitrogen and oxygen atoms in total. The molecule has 2 aromatic heterocycles. The largest absolute Gasteiger partial charge is 0.448 e. The number of amides is 1. The minimum atomic E-state index is -3.20. The molecule has 0 saturated carbocycles. The monoisotopic (exact) mass is 379 g/mol. The first-order chi connectivity index (χ1) is 12.5. The first kappa shape index (κ1) is 17.2. The number of aromatic nitrogens is 3. The van der Waals surface area contributed by atoms with Crippen LogP contribution in [-0.2, 0) is 22.8 Å². The topological polar surface area (TPSA) is 112 Å². The quantitative estimate of drug-likeness (QED) is 0.801. The number of hydrogen-bond donors (Lipinski definition) is 1. The van der Waals surface area contributed by atoms with E-state index in [1.54, 1.807) is 17.3 Å². The Morgan fingerprint density at radius 3 is 2.85 bits per heavy atom. The number of hydrogen-bond acceptors (Lipinski definition) is 7. The van der Waals surface area contributed by atoms with E-state index in [-0.39, 0.29) is 35.2 Å². The highest BCUT2D eigenvalue weighted by atomic mass is 32.2. The van der Waals surface area contributed by atoms with Crippen molar-refractivity contribution in [1.82, 2.24) is 24.8 Å². The summed E-state index contributed by atoms with van der Waals surface area (Å²) in [5.74, 6) is 1.11. The van der Waals surface area contributed by atoms with Crippen LogP contribution in [0.5, 0.6) is 0 Å². The van der Waals surface area contributed by atoms with Crippen molar-refractivity contribution in [2.24, 2.45) is 0 Å². The van der Waals surface area contributed by atoms with Crippen molar-refractivity contribution in [3.63, 3.8) is 0 Å². The number of oxazole rings is 1. The van der Waals surface area contributed by atoms with Gasteiger partial charge in [0.05, 0.1) is 24.1 Å². The molecule has 2 saturated heterocycles. The van der Waals surface area contributed by atoms with Crippen molar-refractivity contribution in [3.8, 4) is 0 Å². The van der Waals surface area contributed by atoms with Crippen LogP contribution < -0.4 is 0 Å². The van der Waals surface area contributed by atoms with Gasteiger partial charge in [-0.05, 0) is 0 Å². The Balaban J connectivity index is 1.60. The molecule has 0 aromatic carbocycles. The highest BCUT2D eigenvalue weighted by Crippen LogP contribution is 2.29. The molecule has 4 heterocycles. The van der Waals surface area contributed by atoms with Crippen LogP contribution in [0.25, 0.3) is 0 Å². The smallest absolute Gasteiger partial charge is 0.276 e. The molecule has 0 radical (unpaired) electrons. The van der Waals surface area contributed by atoms with Crippen LogP contribution >= 0.6 is 0 Å². The molecule has 0 unspecified atom stereocenters. The third-order valence-electron chi connectivity index (χ3n) is 5.12. The number of H-pyrrole nitrogens is 1. The number of carbonyl (C=O) groups is 1. The first-order valence-electron chi connectivity index (χ1n) is 8.64. The summed E-state index contributed by atoms with van der Waals surface area (Å²) in [5.41, 5.74) is 0.287. The van der Waals surface area contributed by atoms with Gasteiger partial charge in [-0.25, -0.2) is 18.4 Å². The van der Waals surface area contributed by atoms with Crippen molar-refractivity contribution in [2.45, 2.75) is 32.0 Å². The van der Waals surface area contributed by atoms with Gasteiger partial charge in [-0.3, -0.25) is 9.69 Å². The number of piperazine rings is 1. The Kier molecular flexibility index (Phi) is 4.31. The lowest BCUT2D eigenvalue weighted by Gasteiger charge is -2.43. The summed E-state index contributed by atoms with van der Waals surface area (Å²) in [6.07, 6.45) is 5.25. The number of aromatic amines is 1. The molecule has 2 atom stereocenters. The van der Waals surface area contributed by atoms with Gasteiger partial charge in [-0.15, -0.1) is 0 Å². The van der Waals surface area contributed by atoms with E-state index in [1.807, 2.05) is 6.92 Å². The third-order valence-corrected chi connectivity index (χ3v) is 6.82. The molecule has 0 aliphatic carbocycles. The summed E-state index contributed by atoms with van der Waals surface area (Å²) in [6, 6.07) is -0.614. The number of rotatable bonds is 4. The summed E-state index contributed by atoms with van der Waals surface area (Å²) in [7, 11) is -3.20. The van der Waals surface area contributed by atoms with Crippen molar-refractivity contribution in [3.05, 3.63) is 36.1 Å². The van der Waals surface area contributed by atoms with Gasteiger partial charge in [0.25, 0.3) is 5.91 Å². The minimum Gasteiger partial charge on any atom is -0.448 e. The van der Waals surface area contributed by atoms with Gasteiger partial charge in [-0.2, -0.15) is 0 Å². The predicted molar refractivity (Wildman–Crippen MR) is 92.1 cm³/mol. The van der Waals surface area contributed by atoms with Crippen LogP contribution in [0.4, 0.5) is 0 Å². The van der Waals surface area contributed by atoms with Gasteiger partial charge in [-0.1, -0.05) is 6.92 Å². The number of aryl methyl sites for hydroxylation is 1. The lowest BCUT2D eigenvalue weighted by atomic mass is 10.0.